The van der Waals surface area contributed by atoms with E-state index in [0.29, 0.717) is 0 Å². The maximum absolute atomic E-state index is 12.0. The van der Waals surface area contributed by atoms with Crippen molar-refractivity contribution in [3.8, 4) is 0 Å². The predicted octanol–water partition coefficient (Wildman–Crippen LogP) is -0.144. The number of hydrogen-bond donors (Lipinski definition) is 3. The quantitative estimate of drug-likeness (QED) is 0.645. The molecule has 0 aliphatic carbocycles. The summed E-state index contributed by atoms with van der Waals surface area (Å²) in [6, 6.07) is 4.45. The SMILES string of the molecule is CCc1ccc(S(=O)(=O)NC(CC(N)=O)C(=O)O)cc1. The van der Waals surface area contributed by atoms with Crippen LogP contribution in [0.15, 0.2) is 29.2 Å². The van der Waals surface area contributed by atoms with Gasteiger partial charge >= 0.3 is 5.97 Å². The van der Waals surface area contributed by atoms with Gasteiger partial charge in [0.05, 0.1) is 11.3 Å². The van der Waals surface area contributed by atoms with Gasteiger partial charge in [-0.25, -0.2) is 8.42 Å². The molecule has 0 saturated carbocycles. The Hall–Kier alpha value is -1.93. The number of primary amides is 1. The Kier molecular flexibility index (Phi) is 5.23. The number of hydrogen-bond acceptors (Lipinski definition) is 4. The number of carboxylic acids is 1. The summed E-state index contributed by atoms with van der Waals surface area (Å²) in [6.45, 7) is 1.93. The fourth-order valence-corrected chi connectivity index (χ4v) is 2.73. The lowest BCUT2D eigenvalue weighted by atomic mass is 10.2. The molecule has 20 heavy (non-hydrogen) atoms. The Morgan fingerprint density at radius 2 is 1.85 bits per heavy atom. The number of amides is 1. The average Bonchev–Trinajstić information content (AvgIpc) is 2.37. The number of rotatable bonds is 7. The predicted molar refractivity (Wildman–Crippen MR) is 71.4 cm³/mol. The number of aliphatic carboxylic acids is 1. The van der Waals surface area contributed by atoms with Crippen LogP contribution in [0, 0.1) is 0 Å². The molecule has 0 fully saturated rings. The number of carbonyl (C=O) groups is 2. The Balaban J connectivity index is 2.96. The first-order valence-corrected chi connectivity index (χ1v) is 7.37. The summed E-state index contributed by atoms with van der Waals surface area (Å²) in [5, 5.41) is 8.88. The summed E-state index contributed by atoms with van der Waals surface area (Å²) in [5.74, 6) is -2.36. The Labute approximate surface area is 116 Å². The molecule has 1 aromatic rings. The van der Waals surface area contributed by atoms with Gasteiger partial charge in [-0.3, -0.25) is 9.59 Å². The van der Waals surface area contributed by atoms with Gasteiger partial charge in [-0.05, 0) is 24.1 Å². The van der Waals surface area contributed by atoms with Gasteiger partial charge in [0.1, 0.15) is 6.04 Å². The molecule has 1 atom stereocenters. The lowest BCUT2D eigenvalue weighted by Crippen LogP contribution is -2.43. The minimum absolute atomic E-state index is 0.0644. The molecule has 0 aliphatic heterocycles. The smallest absolute Gasteiger partial charge is 0.322 e. The molecule has 0 spiro atoms. The van der Waals surface area contributed by atoms with Gasteiger partial charge in [-0.15, -0.1) is 0 Å². The van der Waals surface area contributed by atoms with Gasteiger partial charge in [-0.1, -0.05) is 19.1 Å². The molecule has 7 nitrogen and oxygen atoms in total. The number of sulfonamides is 1. The largest absolute Gasteiger partial charge is 0.480 e. The molecule has 110 valence electrons. The van der Waals surface area contributed by atoms with E-state index in [1.807, 2.05) is 11.6 Å². The van der Waals surface area contributed by atoms with Crippen molar-refractivity contribution in [3.63, 3.8) is 0 Å². The van der Waals surface area contributed by atoms with E-state index in [0.717, 1.165) is 12.0 Å². The van der Waals surface area contributed by atoms with Crippen molar-refractivity contribution in [3.05, 3.63) is 29.8 Å². The molecule has 0 aliphatic rings. The van der Waals surface area contributed by atoms with Crippen LogP contribution in [0.2, 0.25) is 0 Å². The molecule has 1 rings (SSSR count). The zero-order valence-electron chi connectivity index (χ0n) is 10.9. The normalized spacial score (nSPS) is 12.8. The topological polar surface area (TPSA) is 127 Å². The van der Waals surface area contributed by atoms with Crippen molar-refractivity contribution in [2.45, 2.75) is 30.7 Å². The van der Waals surface area contributed by atoms with Crippen LogP contribution in [-0.4, -0.2) is 31.4 Å². The first-order valence-electron chi connectivity index (χ1n) is 5.88. The average molecular weight is 300 g/mol. The molecule has 1 amide bonds. The number of carbonyl (C=O) groups excluding carboxylic acids is 1. The Morgan fingerprint density at radius 1 is 1.30 bits per heavy atom. The molecule has 1 unspecified atom stereocenters. The molecular formula is C12H16N2O5S. The number of nitrogens with one attached hydrogen (secondary N) is 1. The van der Waals surface area contributed by atoms with Gasteiger partial charge in [0.25, 0.3) is 0 Å². The van der Waals surface area contributed by atoms with Crippen molar-refractivity contribution in [1.29, 1.82) is 0 Å². The maximum Gasteiger partial charge on any atom is 0.322 e. The third-order valence-electron chi connectivity index (χ3n) is 2.64. The highest BCUT2D eigenvalue weighted by Gasteiger charge is 2.26. The van der Waals surface area contributed by atoms with E-state index in [-0.39, 0.29) is 4.90 Å². The van der Waals surface area contributed by atoms with E-state index >= 15 is 0 Å². The molecule has 0 saturated heterocycles. The molecule has 1 aromatic carbocycles. The first-order chi connectivity index (χ1) is 9.26. The summed E-state index contributed by atoms with van der Waals surface area (Å²) in [4.78, 5) is 21.6. The van der Waals surface area contributed by atoms with E-state index in [4.69, 9.17) is 10.8 Å². The van der Waals surface area contributed by atoms with Crippen LogP contribution in [-0.2, 0) is 26.0 Å². The molecule has 0 bridgehead atoms. The molecule has 4 N–H and O–H groups in total. The van der Waals surface area contributed by atoms with E-state index in [2.05, 4.69) is 0 Å². The second kappa shape index (κ2) is 6.49. The molecule has 0 aromatic heterocycles. The Bertz CT molecular complexity index is 595. The first kappa shape index (κ1) is 16.1. The second-order valence-corrected chi connectivity index (χ2v) is 5.89. The number of aryl methyl sites for hydroxylation is 1. The zero-order valence-corrected chi connectivity index (χ0v) is 11.7. The second-order valence-electron chi connectivity index (χ2n) is 4.18. The van der Waals surface area contributed by atoms with Crippen LogP contribution >= 0.6 is 0 Å². The van der Waals surface area contributed by atoms with Crippen LogP contribution < -0.4 is 10.5 Å². The lowest BCUT2D eigenvalue weighted by Gasteiger charge is -2.13. The summed E-state index contributed by atoms with van der Waals surface area (Å²) >= 11 is 0. The third kappa shape index (κ3) is 4.32. The van der Waals surface area contributed by atoms with Crippen molar-refractivity contribution < 1.29 is 23.1 Å². The number of nitrogens with two attached hydrogens (primary N) is 1. The van der Waals surface area contributed by atoms with E-state index in [1.165, 1.54) is 12.1 Å². The minimum atomic E-state index is -4.01. The van der Waals surface area contributed by atoms with Crippen LogP contribution in [0.25, 0.3) is 0 Å². The van der Waals surface area contributed by atoms with Gasteiger partial charge in [-0.2, -0.15) is 4.72 Å². The van der Waals surface area contributed by atoms with Crippen LogP contribution in [0.1, 0.15) is 18.9 Å². The van der Waals surface area contributed by atoms with Crippen molar-refractivity contribution >= 4 is 21.9 Å². The van der Waals surface area contributed by atoms with Crippen molar-refractivity contribution in [1.82, 2.24) is 4.72 Å². The minimum Gasteiger partial charge on any atom is -0.480 e. The van der Waals surface area contributed by atoms with Gasteiger partial charge in [0.2, 0.25) is 15.9 Å². The monoisotopic (exact) mass is 300 g/mol. The summed E-state index contributed by atoms with van der Waals surface area (Å²) < 4.78 is 26.0. The zero-order chi connectivity index (χ0) is 15.3. The standard InChI is InChI=1S/C12H16N2O5S/c1-2-8-3-5-9(6-4-8)20(18,19)14-10(12(16)17)7-11(13)15/h3-6,10,14H,2,7H2,1H3,(H2,13,15)(H,16,17). The highest BCUT2D eigenvalue weighted by molar-refractivity contribution is 7.89. The van der Waals surface area contributed by atoms with E-state index in [1.54, 1.807) is 12.1 Å². The molecular weight excluding hydrogens is 284 g/mol. The summed E-state index contributed by atoms with van der Waals surface area (Å²) in [6.07, 6.45) is 0.148. The lowest BCUT2D eigenvalue weighted by molar-refractivity contribution is -0.140. The van der Waals surface area contributed by atoms with Gasteiger partial charge < -0.3 is 10.8 Å². The maximum atomic E-state index is 12.0. The van der Waals surface area contributed by atoms with Crippen LogP contribution in [0.3, 0.4) is 0 Å². The number of carboxylic acid groups (broad SMARTS) is 1. The third-order valence-corrected chi connectivity index (χ3v) is 4.13. The highest BCUT2D eigenvalue weighted by atomic mass is 32.2. The molecule has 0 radical (unpaired) electrons. The van der Waals surface area contributed by atoms with E-state index < -0.39 is 34.4 Å². The number of benzene rings is 1. The molecule has 0 heterocycles. The van der Waals surface area contributed by atoms with Crippen LogP contribution in [0.5, 0.6) is 0 Å². The van der Waals surface area contributed by atoms with Crippen LogP contribution in [0.4, 0.5) is 0 Å². The summed E-state index contributed by atoms with van der Waals surface area (Å²) in [5.41, 5.74) is 5.84. The van der Waals surface area contributed by atoms with Crippen molar-refractivity contribution in [2.75, 3.05) is 0 Å². The fourth-order valence-electron chi connectivity index (χ4n) is 1.54. The highest BCUT2D eigenvalue weighted by Crippen LogP contribution is 2.12. The Morgan fingerprint density at radius 3 is 2.25 bits per heavy atom. The van der Waals surface area contributed by atoms with Gasteiger partial charge in [0.15, 0.2) is 0 Å². The summed E-state index contributed by atoms with van der Waals surface area (Å²) in [7, 11) is -4.01. The van der Waals surface area contributed by atoms with Crippen molar-refractivity contribution in [2.24, 2.45) is 5.73 Å². The fraction of sp³-hybridized carbons (Fsp3) is 0.333. The van der Waals surface area contributed by atoms with Gasteiger partial charge in [0, 0.05) is 0 Å². The van der Waals surface area contributed by atoms with E-state index in [9.17, 15) is 18.0 Å². The molecule has 8 heteroatoms.